The Balaban J connectivity index is 2.54. The van der Waals surface area contributed by atoms with Gasteiger partial charge in [-0.1, -0.05) is 25.8 Å². The van der Waals surface area contributed by atoms with Crippen LogP contribution in [0.5, 0.6) is 5.75 Å². The molecule has 0 aromatic heterocycles. The zero-order chi connectivity index (χ0) is 12.7. The first-order valence-electron chi connectivity index (χ1n) is 5.76. The Kier molecular flexibility index (Phi) is 5.46. The second-order valence-corrected chi connectivity index (χ2v) is 3.89. The summed E-state index contributed by atoms with van der Waals surface area (Å²) in [7, 11) is 0. The first kappa shape index (κ1) is 13.5. The molecule has 4 heteroatoms. The lowest BCUT2D eigenvalue weighted by atomic mass is 10.1. The summed E-state index contributed by atoms with van der Waals surface area (Å²) in [5.74, 6) is -1.28. The van der Waals surface area contributed by atoms with E-state index in [0.717, 1.165) is 19.3 Å². The minimum atomic E-state index is -0.971. The first-order chi connectivity index (χ1) is 8.13. The molecule has 94 valence electrons. The van der Waals surface area contributed by atoms with E-state index in [1.807, 2.05) is 0 Å². The fraction of sp³-hybridized carbons (Fsp3) is 0.462. The van der Waals surface area contributed by atoms with Crippen LogP contribution in [0.15, 0.2) is 18.2 Å². The summed E-state index contributed by atoms with van der Waals surface area (Å²) in [5.41, 5.74) is 0.441. The van der Waals surface area contributed by atoms with E-state index in [2.05, 4.69) is 6.92 Å². The zero-order valence-corrected chi connectivity index (χ0v) is 9.91. The van der Waals surface area contributed by atoms with Crippen LogP contribution in [0.1, 0.15) is 31.7 Å². The Morgan fingerprint density at radius 1 is 1.41 bits per heavy atom. The second kappa shape index (κ2) is 6.89. The molecule has 3 nitrogen and oxygen atoms in total. The lowest BCUT2D eigenvalue weighted by Crippen LogP contribution is -2.02. The summed E-state index contributed by atoms with van der Waals surface area (Å²) in [5, 5.41) is 8.57. The van der Waals surface area contributed by atoms with Crippen LogP contribution in [-0.4, -0.2) is 17.7 Å². The molecule has 1 rings (SSSR count). The lowest BCUT2D eigenvalue weighted by molar-refractivity contribution is -0.136. The molecular weight excluding hydrogens is 223 g/mol. The van der Waals surface area contributed by atoms with E-state index < -0.39 is 11.8 Å². The molecule has 1 aromatic rings. The molecule has 0 radical (unpaired) electrons. The summed E-state index contributed by atoms with van der Waals surface area (Å²) in [6.07, 6.45) is 2.86. The highest BCUT2D eigenvalue weighted by Crippen LogP contribution is 2.19. The molecule has 0 spiro atoms. The highest BCUT2D eigenvalue weighted by atomic mass is 19.1. The number of halogens is 1. The van der Waals surface area contributed by atoms with Gasteiger partial charge in [-0.05, 0) is 24.1 Å². The molecule has 0 amide bonds. The zero-order valence-electron chi connectivity index (χ0n) is 9.91. The maximum Gasteiger partial charge on any atom is 0.307 e. The molecule has 0 aliphatic heterocycles. The predicted molar refractivity (Wildman–Crippen MR) is 62.8 cm³/mol. The smallest absolute Gasteiger partial charge is 0.307 e. The van der Waals surface area contributed by atoms with E-state index in [1.165, 1.54) is 12.1 Å². The molecule has 17 heavy (non-hydrogen) atoms. The number of hydrogen-bond donors (Lipinski definition) is 1. The van der Waals surface area contributed by atoms with Crippen molar-refractivity contribution in [1.29, 1.82) is 0 Å². The Hall–Kier alpha value is -1.58. The number of carboxylic acid groups (broad SMARTS) is 1. The van der Waals surface area contributed by atoms with Crippen molar-refractivity contribution in [2.24, 2.45) is 0 Å². The van der Waals surface area contributed by atoms with Crippen LogP contribution in [0.3, 0.4) is 0 Å². The number of hydrogen-bond acceptors (Lipinski definition) is 2. The molecule has 0 saturated carbocycles. The van der Waals surface area contributed by atoms with Gasteiger partial charge in [-0.25, -0.2) is 4.39 Å². The number of aliphatic carboxylic acids is 1. The number of carbonyl (C=O) groups is 1. The van der Waals surface area contributed by atoms with Crippen molar-refractivity contribution in [2.75, 3.05) is 6.61 Å². The molecule has 1 N–H and O–H groups in total. The number of benzene rings is 1. The summed E-state index contributed by atoms with van der Waals surface area (Å²) in [6, 6.07) is 4.27. The average molecular weight is 240 g/mol. The van der Waals surface area contributed by atoms with Crippen LogP contribution in [0.2, 0.25) is 0 Å². The Labute approximate surface area is 100 Å². The Morgan fingerprint density at radius 3 is 2.76 bits per heavy atom. The standard InChI is InChI=1S/C13H17FO3/c1-2-3-4-7-17-12-6-5-10(8-11(12)14)9-13(15)16/h5-6,8H,2-4,7,9H2,1H3,(H,15,16). The number of carboxylic acids is 1. The molecule has 0 aliphatic carbocycles. The normalized spacial score (nSPS) is 10.2. The summed E-state index contributed by atoms with van der Waals surface area (Å²) < 4.78 is 18.8. The highest BCUT2D eigenvalue weighted by Gasteiger charge is 2.07. The molecule has 0 heterocycles. The lowest BCUT2D eigenvalue weighted by Gasteiger charge is -2.07. The summed E-state index contributed by atoms with van der Waals surface area (Å²) >= 11 is 0. The predicted octanol–water partition coefficient (Wildman–Crippen LogP) is 3.02. The fourth-order valence-corrected chi connectivity index (χ4v) is 1.48. The van der Waals surface area contributed by atoms with E-state index >= 15 is 0 Å². The molecule has 1 aromatic carbocycles. The van der Waals surface area contributed by atoms with E-state index in [1.54, 1.807) is 6.07 Å². The molecule has 0 atom stereocenters. The maximum absolute atomic E-state index is 13.5. The van der Waals surface area contributed by atoms with Crippen LogP contribution in [0, 0.1) is 5.82 Å². The first-order valence-corrected chi connectivity index (χ1v) is 5.76. The van der Waals surface area contributed by atoms with Crippen molar-refractivity contribution in [1.82, 2.24) is 0 Å². The van der Waals surface area contributed by atoms with E-state index in [0.29, 0.717) is 12.2 Å². The minimum absolute atomic E-state index is 0.174. The molecule has 0 unspecified atom stereocenters. The molecule has 0 fully saturated rings. The number of unbranched alkanes of at least 4 members (excludes halogenated alkanes) is 2. The van der Waals surface area contributed by atoms with Gasteiger partial charge in [0.15, 0.2) is 11.6 Å². The van der Waals surface area contributed by atoms with Crippen LogP contribution in [0.25, 0.3) is 0 Å². The summed E-state index contributed by atoms with van der Waals surface area (Å²) in [6.45, 7) is 2.57. The molecule has 0 aliphatic rings. The van der Waals surface area contributed by atoms with Gasteiger partial charge in [0, 0.05) is 0 Å². The van der Waals surface area contributed by atoms with E-state index in [-0.39, 0.29) is 12.2 Å². The Bertz CT molecular complexity index is 377. The van der Waals surface area contributed by atoms with E-state index in [9.17, 15) is 9.18 Å². The fourth-order valence-electron chi connectivity index (χ4n) is 1.48. The van der Waals surface area contributed by atoms with Gasteiger partial charge < -0.3 is 9.84 Å². The van der Waals surface area contributed by atoms with Crippen molar-refractivity contribution in [3.8, 4) is 5.75 Å². The van der Waals surface area contributed by atoms with Crippen molar-refractivity contribution in [2.45, 2.75) is 32.6 Å². The number of rotatable bonds is 7. The average Bonchev–Trinajstić information content (AvgIpc) is 2.26. The summed E-state index contributed by atoms with van der Waals surface area (Å²) in [4.78, 5) is 10.5. The second-order valence-electron chi connectivity index (χ2n) is 3.89. The van der Waals surface area contributed by atoms with Gasteiger partial charge in [0.05, 0.1) is 13.0 Å². The van der Waals surface area contributed by atoms with E-state index in [4.69, 9.17) is 9.84 Å². The minimum Gasteiger partial charge on any atom is -0.491 e. The van der Waals surface area contributed by atoms with Gasteiger partial charge in [0.1, 0.15) is 0 Å². The van der Waals surface area contributed by atoms with Gasteiger partial charge >= 0.3 is 5.97 Å². The van der Waals surface area contributed by atoms with Crippen molar-refractivity contribution >= 4 is 5.97 Å². The van der Waals surface area contributed by atoms with Gasteiger partial charge in [-0.15, -0.1) is 0 Å². The number of ether oxygens (including phenoxy) is 1. The van der Waals surface area contributed by atoms with Crippen molar-refractivity contribution in [3.63, 3.8) is 0 Å². The van der Waals surface area contributed by atoms with Gasteiger partial charge in [-0.2, -0.15) is 0 Å². The van der Waals surface area contributed by atoms with Gasteiger partial charge in [-0.3, -0.25) is 4.79 Å². The molecular formula is C13H17FO3. The Morgan fingerprint density at radius 2 is 2.18 bits per heavy atom. The quantitative estimate of drug-likeness (QED) is 0.745. The monoisotopic (exact) mass is 240 g/mol. The third-order valence-corrected chi connectivity index (χ3v) is 2.36. The highest BCUT2D eigenvalue weighted by molar-refractivity contribution is 5.70. The maximum atomic E-state index is 13.5. The van der Waals surface area contributed by atoms with Gasteiger partial charge in [0.2, 0.25) is 0 Å². The molecule has 0 bridgehead atoms. The third-order valence-electron chi connectivity index (χ3n) is 2.36. The third kappa shape index (κ3) is 4.85. The van der Waals surface area contributed by atoms with Gasteiger partial charge in [0.25, 0.3) is 0 Å². The van der Waals surface area contributed by atoms with Crippen molar-refractivity contribution in [3.05, 3.63) is 29.6 Å². The van der Waals surface area contributed by atoms with Crippen LogP contribution in [0.4, 0.5) is 4.39 Å². The topological polar surface area (TPSA) is 46.5 Å². The SMILES string of the molecule is CCCCCOc1ccc(CC(=O)O)cc1F. The van der Waals surface area contributed by atoms with Crippen LogP contribution < -0.4 is 4.74 Å². The van der Waals surface area contributed by atoms with Crippen LogP contribution in [-0.2, 0) is 11.2 Å². The molecule has 0 saturated heterocycles. The van der Waals surface area contributed by atoms with Crippen molar-refractivity contribution < 1.29 is 19.0 Å². The van der Waals surface area contributed by atoms with Crippen LogP contribution >= 0.6 is 0 Å². The largest absolute Gasteiger partial charge is 0.491 e.